The van der Waals surface area contributed by atoms with Crippen LogP contribution in [0, 0.1) is 0 Å². The number of aryl methyl sites for hydroxylation is 1. The predicted molar refractivity (Wildman–Crippen MR) is 538 cm³/mol. The van der Waals surface area contributed by atoms with Crippen LogP contribution < -0.4 is 74.0 Å². The van der Waals surface area contributed by atoms with Crippen molar-refractivity contribution >= 4 is 109 Å². The van der Waals surface area contributed by atoms with Crippen LogP contribution in [-0.4, -0.2) is 281 Å². The van der Waals surface area contributed by atoms with Crippen LogP contribution in [0.15, 0.2) is 202 Å². The molecule has 21 heterocycles. The van der Waals surface area contributed by atoms with Gasteiger partial charge in [0.25, 0.3) is 0 Å². The zero-order valence-corrected chi connectivity index (χ0v) is 79.7. The van der Waals surface area contributed by atoms with Crippen LogP contribution in [0.3, 0.4) is 0 Å². The molecule has 0 saturated carbocycles. The van der Waals surface area contributed by atoms with Crippen LogP contribution in [0.4, 0.5) is 68.8 Å². The average molecular weight is 1930 g/mol. The number of carbonyl (C=O) groups is 3. The summed E-state index contributed by atoms with van der Waals surface area (Å²) in [5, 5.41) is 23.8. The van der Waals surface area contributed by atoms with Crippen molar-refractivity contribution < 1.29 is 62.1 Å². The van der Waals surface area contributed by atoms with Gasteiger partial charge in [-0.2, -0.15) is 0 Å². The fraction of sp³-hybridized carbons (Fsp3) is 0.317. The van der Waals surface area contributed by atoms with E-state index >= 15 is 0 Å². The number of benzene rings is 4. The molecule has 4 aromatic carbocycles. The van der Waals surface area contributed by atoms with Gasteiger partial charge < -0.3 is 111 Å². The Morgan fingerprint density at radius 1 is 0.399 bits per heavy atom. The summed E-state index contributed by atoms with van der Waals surface area (Å²) in [6, 6.07) is 35.0. The van der Waals surface area contributed by atoms with Gasteiger partial charge in [-0.05, 0) is 111 Å². The molecular weight excluding hydrogens is 1820 g/mol. The van der Waals surface area contributed by atoms with Crippen LogP contribution in [0.1, 0.15) is 42.5 Å². The lowest BCUT2D eigenvalue weighted by molar-refractivity contribution is -0.122. The second-order valence-electron chi connectivity index (χ2n) is 36.5. The zero-order valence-electron chi connectivity index (χ0n) is 79.7. The largest absolute Gasteiger partial charge is 0.495 e. The molecule has 0 bridgehead atoms. The number of nitrogens with zero attached hydrogens (tertiary/aromatic N) is 22. The minimum absolute atomic E-state index is 0.0241. The third-order valence-electron chi connectivity index (χ3n) is 26.7. The molecule has 0 amide bonds. The number of aromatic nitrogens is 16. The lowest BCUT2D eigenvalue weighted by Gasteiger charge is -2.46. The van der Waals surface area contributed by atoms with Crippen LogP contribution in [0.2, 0.25) is 0 Å². The lowest BCUT2D eigenvalue weighted by Crippen LogP contribution is -2.60. The molecule has 5 N–H and O–H groups in total. The van der Waals surface area contributed by atoms with Crippen molar-refractivity contribution in [2.24, 2.45) is 0 Å². The molecule has 16 aromatic rings. The maximum atomic E-state index is 11.9. The number of fused-ring (bicyclic) bond motifs is 8. The summed E-state index contributed by atoms with van der Waals surface area (Å²) in [4.78, 5) is 105. The van der Waals surface area contributed by atoms with E-state index in [1.165, 1.54) is 5.69 Å². The smallest absolute Gasteiger partial charge is 0.217 e. The van der Waals surface area contributed by atoms with Gasteiger partial charge in [0.2, 0.25) is 23.5 Å². The SMILES string of the molecule is CCN1CCN(c2ccc(Nc3nc(-c4cnc5c(c4)CCCO5)cn4ccnc34)cc2)CC1.COc1cc(Nc2nc(-c3cnc4c(c3)CC(=O)CO4)cn3ccnc23)ccc1N1CC(C)(O)C1.COc1cc(Nc2nc(-c3cnc4c(c3)CC(=O)CO4)cn3ccnc23)ccc1N1CCN(C2COC2)CC1.COc1cc(Nc2nc(-c3cnc4c(c3)CC(=O)CO4)cn3ccnc23)ccc1N1CCOCC1. The number of ether oxygens (including phenoxy) is 9. The highest BCUT2D eigenvalue weighted by Gasteiger charge is 2.39. The maximum Gasteiger partial charge on any atom is 0.217 e. The summed E-state index contributed by atoms with van der Waals surface area (Å²) in [6.45, 7) is 20.3. The minimum Gasteiger partial charge on any atom is -0.495 e. The van der Waals surface area contributed by atoms with Gasteiger partial charge in [0.15, 0.2) is 63.2 Å². The number of Topliss-reactive ketones (excluding diaryl/α,β-unsaturated/α-hetero) is 3. The summed E-state index contributed by atoms with van der Waals surface area (Å²) in [7, 11) is 5.00. The number of imidazole rings is 4. The highest BCUT2D eigenvalue weighted by atomic mass is 16.5. The number of carbonyl (C=O) groups excluding carboxylic acids is 3. The molecule has 39 heteroatoms. The number of hydrogen-bond acceptors (Lipinski definition) is 35. The first kappa shape index (κ1) is 91.8. The molecule has 39 nitrogen and oxygen atoms in total. The van der Waals surface area contributed by atoms with Crippen molar-refractivity contribution in [1.82, 2.24) is 87.2 Å². The number of piperazine rings is 2. The number of rotatable bonds is 21. The number of β-amino-alcohol motifs (C(OH)–C–C–N with tert-alkyl or cyclic N) is 1. The van der Waals surface area contributed by atoms with E-state index in [2.05, 4.69) is 134 Å². The molecule has 12 aromatic heterocycles. The molecule has 143 heavy (non-hydrogen) atoms. The van der Waals surface area contributed by atoms with Gasteiger partial charge in [0.05, 0.1) is 106 Å². The number of methoxy groups -OCH3 is 3. The van der Waals surface area contributed by atoms with E-state index < -0.39 is 5.60 Å². The van der Waals surface area contributed by atoms with Gasteiger partial charge in [0.1, 0.15) is 37.1 Å². The quantitative estimate of drug-likeness (QED) is 0.0446. The number of anilines is 12. The number of pyridine rings is 4. The molecule has 0 unspecified atom stereocenters. The Hall–Kier alpha value is -16.2. The Bertz CT molecular complexity index is 7440. The third-order valence-corrected chi connectivity index (χ3v) is 26.7. The Kier molecular flexibility index (Phi) is 25.8. The first-order valence-electron chi connectivity index (χ1n) is 47.9. The summed E-state index contributed by atoms with van der Waals surface area (Å²) < 4.78 is 57.7. The van der Waals surface area contributed by atoms with E-state index in [9.17, 15) is 19.5 Å². The van der Waals surface area contributed by atoms with Crippen molar-refractivity contribution in [2.45, 2.75) is 57.6 Å². The van der Waals surface area contributed by atoms with Crippen LogP contribution >= 0.6 is 0 Å². The van der Waals surface area contributed by atoms with Crippen molar-refractivity contribution in [3.05, 3.63) is 225 Å². The fourth-order valence-corrected chi connectivity index (χ4v) is 19.1. The van der Waals surface area contributed by atoms with Crippen molar-refractivity contribution in [3.8, 4) is 85.8 Å². The molecule has 0 atom stereocenters. The molecule has 0 radical (unpaired) electrons. The molecular formula is C104H106N26O13. The molecule has 0 aliphatic carbocycles. The monoisotopic (exact) mass is 1930 g/mol. The fourth-order valence-electron chi connectivity index (χ4n) is 19.1. The summed E-state index contributed by atoms with van der Waals surface area (Å²) in [5.74, 6) is 7.11. The first-order chi connectivity index (χ1) is 70.0. The van der Waals surface area contributed by atoms with E-state index in [-0.39, 0.29) is 37.2 Å². The van der Waals surface area contributed by atoms with E-state index in [0.29, 0.717) is 126 Å². The maximum absolute atomic E-state index is 11.9. The number of hydrogen-bond donors (Lipinski definition) is 5. The Morgan fingerprint density at radius 3 is 1.14 bits per heavy atom. The standard InChI is InChI=1S/C28H29N7O4.C26H29N7O.2C25H24N6O4/c1-37-25-12-20(2-3-24(25)34-8-6-33(7-9-34)21-15-38-16-21)31-26-27-29-4-5-35(27)14-23(32-26)19-10-18-11-22(36)17-39-28(18)30-13-19;1-2-31-11-13-32(14-12-31)22-7-5-21(6-8-22)29-24-25-27-9-10-33(25)18-23(30-24)20-16-19-4-3-15-34-26(19)28-17-20;1-25(33)13-31(14-25)20-4-3-17(9-21(20)34-2)28-22-23-26-5-6-30(23)11-19(29-22)16-7-15-8-18(32)12-35-24(15)27-10-16;1-33-22-12-18(2-3-21(22)30-6-8-34-9-7-30)28-23-24-26-4-5-31(24)14-20(29-23)17-10-16-11-19(32)15-35-25(16)27-13-17/h2-5,10,12-14,21H,6-9,11,15-17H2,1H3,(H,31,32);5-10,16-18H,2-4,11-15H2,1H3,(H,29,30);3-7,9-11,33H,8,12-14H2,1-2H3,(H,28,29);2-5,10,12-14H,6-9,11,15H2,1H3,(H,28,29). The normalized spacial score (nSPS) is 16.6. The molecule has 730 valence electrons. The highest BCUT2D eigenvalue weighted by molar-refractivity contribution is 5.88. The summed E-state index contributed by atoms with van der Waals surface area (Å²) in [5.41, 5.74) is 19.6. The van der Waals surface area contributed by atoms with Crippen LogP contribution in [0.5, 0.6) is 40.8 Å². The number of morpholine rings is 1. The van der Waals surface area contributed by atoms with E-state index in [1.54, 1.807) is 64.7 Å². The molecule has 0 spiro atoms. The van der Waals surface area contributed by atoms with Gasteiger partial charge in [-0.25, -0.2) is 59.8 Å². The molecule has 25 rings (SSSR count). The Balaban J connectivity index is 0.000000109. The lowest BCUT2D eigenvalue weighted by atomic mass is 9.96. The third kappa shape index (κ3) is 19.9. The van der Waals surface area contributed by atoms with E-state index in [1.807, 2.05) is 147 Å². The van der Waals surface area contributed by atoms with E-state index in [0.717, 1.165) is 224 Å². The van der Waals surface area contributed by atoms with Crippen molar-refractivity contribution in [2.75, 3.05) is 200 Å². The van der Waals surface area contributed by atoms with Crippen LogP contribution in [0.25, 0.3) is 67.6 Å². The topological polar surface area (TPSA) is 394 Å². The molecule has 9 aliphatic rings. The minimum atomic E-state index is -0.677. The summed E-state index contributed by atoms with van der Waals surface area (Å²) >= 11 is 0. The van der Waals surface area contributed by atoms with Crippen LogP contribution in [-0.2, 0) is 49.5 Å². The number of likely N-dealkylation sites (N-methyl/N-ethyl adjacent to an activating group) is 1. The van der Waals surface area contributed by atoms with Crippen molar-refractivity contribution in [1.29, 1.82) is 0 Å². The molecule has 5 saturated heterocycles. The van der Waals surface area contributed by atoms with Gasteiger partial charge >= 0.3 is 0 Å². The van der Waals surface area contributed by atoms with Gasteiger partial charge in [-0.1, -0.05) is 6.92 Å². The molecule has 5 fully saturated rings. The van der Waals surface area contributed by atoms with Gasteiger partial charge in [-0.3, -0.25) is 19.3 Å². The zero-order chi connectivity index (χ0) is 97.2. The number of nitrogens with one attached hydrogen (secondary N) is 4. The van der Waals surface area contributed by atoms with Gasteiger partial charge in [0, 0.05) is 288 Å². The second-order valence-corrected chi connectivity index (χ2v) is 36.5. The highest BCUT2D eigenvalue weighted by Crippen LogP contribution is 2.42. The number of ketones is 3. The second kappa shape index (κ2) is 40.2. The average Bonchev–Trinajstić information content (AvgIpc) is 1.58. The van der Waals surface area contributed by atoms with Crippen molar-refractivity contribution in [3.63, 3.8) is 0 Å². The Morgan fingerprint density at radius 2 is 0.762 bits per heavy atom. The summed E-state index contributed by atoms with van der Waals surface area (Å²) in [6.07, 6.45) is 32.1. The first-order valence-corrected chi connectivity index (χ1v) is 47.9. The molecule has 9 aliphatic heterocycles. The number of aliphatic hydroxyl groups is 1. The predicted octanol–water partition coefficient (Wildman–Crippen LogP) is 12.1. The Labute approximate surface area is 821 Å². The van der Waals surface area contributed by atoms with Gasteiger partial charge in [-0.15, -0.1) is 0 Å². The van der Waals surface area contributed by atoms with E-state index in [4.69, 9.17) is 62.6 Å².